The monoisotopic (exact) mass is 359 g/mol. The molecule has 1 heterocycles. The zero-order valence-electron chi connectivity index (χ0n) is 15.3. The van der Waals surface area contributed by atoms with Crippen LogP contribution in [0.4, 0.5) is 5.69 Å². The summed E-state index contributed by atoms with van der Waals surface area (Å²) in [6, 6.07) is 16.2. The number of amides is 2. The average Bonchev–Trinajstić information content (AvgIpc) is 2.70. The zero-order chi connectivity index (χ0) is 19.2. The van der Waals surface area contributed by atoms with E-state index in [4.69, 9.17) is 0 Å². The maximum atomic E-state index is 12.6. The van der Waals surface area contributed by atoms with Crippen LogP contribution in [0.5, 0.6) is 0 Å². The average molecular weight is 359 g/mol. The Morgan fingerprint density at radius 1 is 0.852 bits per heavy atom. The Labute approximate surface area is 158 Å². The highest BCUT2D eigenvalue weighted by atomic mass is 16.2. The molecule has 5 nitrogen and oxygen atoms in total. The van der Waals surface area contributed by atoms with E-state index in [9.17, 15) is 9.59 Å². The molecule has 27 heavy (non-hydrogen) atoms. The maximum absolute atomic E-state index is 12.6. The predicted octanol–water partition coefficient (Wildman–Crippen LogP) is 3.88. The fourth-order valence-electron chi connectivity index (χ4n) is 2.78. The Balaban J connectivity index is 1.71. The highest BCUT2D eigenvalue weighted by molar-refractivity contribution is 6.06. The van der Waals surface area contributed by atoms with Crippen LogP contribution in [0.2, 0.25) is 0 Å². The second kappa shape index (κ2) is 8.27. The SMILES string of the molecule is Cc1cccc(C)c1NC(=O)c1cccc(C(=O)NCc2ccncc2)c1. The number of anilines is 1. The molecule has 5 heteroatoms. The van der Waals surface area contributed by atoms with E-state index in [1.807, 2.05) is 44.2 Å². The molecule has 0 radical (unpaired) electrons. The smallest absolute Gasteiger partial charge is 0.255 e. The number of aromatic nitrogens is 1. The van der Waals surface area contributed by atoms with Gasteiger partial charge in [0.1, 0.15) is 0 Å². The minimum Gasteiger partial charge on any atom is -0.348 e. The lowest BCUT2D eigenvalue weighted by Gasteiger charge is -2.12. The van der Waals surface area contributed by atoms with Crippen LogP contribution in [0, 0.1) is 13.8 Å². The molecule has 1 aromatic heterocycles. The summed E-state index contributed by atoms with van der Waals surface area (Å²) in [6.45, 7) is 4.30. The number of hydrogen-bond acceptors (Lipinski definition) is 3. The number of pyridine rings is 1. The van der Waals surface area contributed by atoms with Gasteiger partial charge in [-0.25, -0.2) is 0 Å². The Bertz CT molecular complexity index is 948. The third-order valence-electron chi connectivity index (χ3n) is 4.31. The largest absolute Gasteiger partial charge is 0.348 e. The van der Waals surface area contributed by atoms with E-state index in [0.29, 0.717) is 17.7 Å². The van der Waals surface area contributed by atoms with E-state index < -0.39 is 0 Å². The van der Waals surface area contributed by atoms with Crippen LogP contribution in [0.25, 0.3) is 0 Å². The van der Waals surface area contributed by atoms with Gasteiger partial charge in [-0.05, 0) is 60.9 Å². The first-order valence-corrected chi connectivity index (χ1v) is 8.69. The molecule has 0 spiro atoms. The van der Waals surface area contributed by atoms with Crippen LogP contribution in [-0.4, -0.2) is 16.8 Å². The summed E-state index contributed by atoms with van der Waals surface area (Å²) in [6.07, 6.45) is 3.36. The zero-order valence-corrected chi connectivity index (χ0v) is 15.3. The minimum atomic E-state index is -0.240. The van der Waals surface area contributed by atoms with Crippen molar-refractivity contribution in [1.29, 1.82) is 0 Å². The number of carbonyl (C=O) groups is 2. The number of para-hydroxylation sites is 1. The Kier molecular flexibility index (Phi) is 5.61. The number of nitrogens with zero attached hydrogens (tertiary/aromatic N) is 1. The minimum absolute atomic E-state index is 0.228. The summed E-state index contributed by atoms with van der Waals surface area (Å²) in [5.74, 6) is -0.468. The summed E-state index contributed by atoms with van der Waals surface area (Å²) in [5.41, 5.74) is 4.63. The third kappa shape index (κ3) is 4.58. The first kappa shape index (κ1) is 18.3. The number of nitrogens with one attached hydrogen (secondary N) is 2. The highest BCUT2D eigenvalue weighted by Crippen LogP contribution is 2.20. The predicted molar refractivity (Wildman–Crippen MR) is 106 cm³/mol. The van der Waals surface area contributed by atoms with Crippen LogP contribution < -0.4 is 10.6 Å². The molecule has 0 aliphatic carbocycles. The molecular formula is C22H21N3O2. The van der Waals surface area contributed by atoms with Gasteiger partial charge in [0.05, 0.1) is 0 Å². The van der Waals surface area contributed by atoms with E-state index in [-0.39, 0.29) is 11.8 Å². The van der Waals surface area contributed by atoms with E-state index in [1.54, 1.807) is 36.7 Å². The van der Waals surface area contributed by atoms with Gasteiger partial charge in [0.25, 0.3) is 11.8 Å². The third-order valence-corrected chi connectivity index (χ3v) is 4.31. The van der Waals surface area contributed by atoms with Crippen LogP contribution in [-0.2, 0) is 6.54 Å². The lowest BCUT2D eigenvalue weighted by atomic mass is 10.1. The number of aryl methyl sites for hydroxylation is 2. The first-order chi connectivity index (χ1) is 13.0. The standard InChI is InChI=1S/C22H21N3O2/c1-15-5-3-6-16(2)20(15)25-22(27)19-8-4-7-18(13-19)21(26)24-14-17-9-11-23-12-10-17/h3-13H,14H2,1-2H3,(H,24,26)(H,25,27). The van der Waals surface area contributed by atoms with Crippen molar-refractivity contribution in [1.82, 2.24) is 10.3 Å². The fourth-order valence-corrected chi connectivity index (χ4v) is 2.78. The molecule has 0 saturated heterocycles. The lowest BCUT2D eigenvalue weighted by molar-refractivity contribution is 0.0951. The molecule has 0 fully saturated rings. The van der Waals surface area contributed by atoms with Gasteiger partial charge in [-0.3, -0.25) is 14.6 Å². The topological polar surface area (TPSA) is 71.1 Å². The van der Waals surface area contributed by atoms with E-state index >= 15 is 0 Å². The molecule has 3 rings (SSSR count). The first-order valence-electron chi connectivity index (χ1n) is 8.69. The second-order valence-electron chi connectivity index (χ2n) is 6.34. The Morgan fingerprint density at radius 2 is 1.44 bits per heavy atom. The maximum Gasteiger partial charge on any atom is 0.255 e. The molecule has 0 aliphatic rings. The van der Waals surface area contributed by atoms with Gasteiger partial charge in [-0.15, -0.1) is 0 Å². The Hall–Kier alpha value is -3.47. The quantitative estimate of drug-likeness (QED) is 0.726. The normalized spacial score (nSPS) is 10.3. The van der Waals surface area contributed by atoms with Crippen LogP contribution in [0.15, 0.2) is 67.0 Å². The summed E-state index contributed by atoms with van der Waals surface area (Å²) in [7, 11) is 0. The van der Waals surface area contributed by atoms with Gasteiger partial charge in [-0.1, -0.05) is 24.3 Å². The number of hydrogen-bond donors (Lipinski definition) is 2. The molecule has 0 saturated carbocycles. The van der Waals surface area contributed by atoms with Crippen molar-refractivity contribution in [3.8, 4) is 0 Å². The molecule has 2 aromatic carbocycles. The molecule has 2 N–H and O–H groups in total. The molecule has 3 aromatic rings. The molecule has 0 bridgehead atoms. The van der Waals surface area contributed by atoms with Crippen LogP contribution >= 0.6 is 0 Å². The number of benzene rings is 2. The number of rotatable bonds is 5. The molecule has 0 aliphatic heterocycles. The number of carbonyl (C=O) groups excluding carboxylic acids is 2. The lowest BCUT2D eigenvalue weighted by Crippen LogP contribution is -2.23. The van der Waals surface area contributed by atoms with Crippen molar-refractivity contribution in [3.05, 3.63) is 94.8 Å². The molecule has 0 atom stereocenters. The summed E-state index contributed by atoms with van der Waals surface area (Å²) < 4.78 is 0. The van der Waals surface area contributed by atoms with Crippen molar-refractivity contribution < 1.29 is 9.59 Å². The van der Waals surface area contributed by atoms with Gasteiger partial charge in [0.15, 0.2) is 0 Å². The highest BCUT2D eigenvalue weighted by Gasteiger charge is 2.12. The van der Waals surface area contributed by atoms with Gasteiger partial charge in [0, 0.05) is 35.8 Å². The molecule has 136 valence electrons. The van der Waals surface area contributed by atoms with Gasteiger partial charge >= 0.3 is 0 Å². The van der Waals surface area contributed by atoms with Crippen LogP contribution in [0.3, 0.4) is 0 Å². The van der Waals surface area contributed by atoms with Crippen molar-refractivity contribution in [2.45, 2.75) is 20.4 Å². The Morgan fingerprint density at radius 3 is 2.11 bits per heavy atom. The van der Waals surface area contributed by atoms with Crippen LogP contribution in [0.1, 0.15) is 37.4 Å². The molecule has 2 amide bonds. The van der Waals surface area contributed by atoms with E-state index in [0.717, 1.165) is 22.4 Å². The summed E-state index contributed by atoms with van der Waals surface area (Å²) in [5, 5.41) is 5.79. The van der Waals surface area contributed by atoms with Crippen molar-refractivity contribution in [3.63, 3.8) is 0 Å². The van der Waals surface area contributed by atoms with Gasteiger partial charge < -0.3 is 10.6 Å². The van der Waals surface area contributed by atoms with Gasteiger partial charge in [-0.2, -0.15) is 0 Å². The van der Waals surface area contributed by atoms with E-state index in [1.165, 1.54) is 0 Å². The molecular weight excluding hydrogens is 338 g/mol. The van der Waals surface area contributed by atoms with E-state index in [2.05, 4.69) is 15.6 Å². The van der Waals surface area contributed by atoms with Gasteiger partial charge in [0.2, 0.25) is 0 Å². The second-order valence-corrected chi connectivity index (χ2v) is 6.34. The van der Waals surface area contributed by atoms with Crippen molar-refractivity contribution in [2.75, 3.05) is 5.32 Å². The fraction of sp³-hybridized carbons (Fsp3) is 0.136. The summed E-state index contributed by atoms with van der Waals surface area (Å²) in [4.78, 5) is 29.0. The van der Waals surface area contributed by atoms with Crippen molar-refractivity contribution in [2.24, 2.45) is 0 Å². The van der Waals surface area contributed by atoms with Crippen molar-refractivity contribution >= 4 is 17.5 Å². The molecule has 0 unspecified atom stereocenters. The summed E-state index contributed by atoms with van der Waals surface area (Å²) >= 11 is 0.